The van der Waals surface area contributed by atoms with Gasteiger partial charge in [0.2, 0.25) is 10.0 Å². The third-order valence-electron chi connectivity index (χ3n) is 2.63. The third kappa shape index (κ3) is 3.32. The lowest BCUT2D eigenvalue weighted by molar-refractivity contribution is 0.466. The van der Waals surface area contributed by atoms with Crippen molar-refractivity contribution in [3.63, 3.8) is 0 Å². The van der Waals surface area contributed by atoms with E-state index in [1.165, 1.54) is 37.4 Å². The van der Waals surface area contributed by atoms with E-state index in [0.29, 0.717) is 9.90 Å². The van der Waals surface area contributed by atoms with E-state index in [1.54, 1.807) is 0 Å². The molecule has 0 unspecified atom stereocenters. The van der Waals surface area contributed by atoms with E-state index in [0.717, 1.165) is 15.6 Å². The minimum absolute atomic E-state index is 0.0150. The van der Waals surface area contributed by atoms with E-state index >= 15 is 0 Å². The number of nitrogens with zero attached hydrogens (tertiary/aromatic N) is 1. The Morgan fingerprint density at radius 2 is 1.85 bits per heavy atom. The van der Waals surface area contributed by atoms with E-state index in [4.69, 9.17) is 23.2 Å². The Morgan fingerprint density at radius 3 is 2.35 bits per heavy atom. The molecule has 0 aliphatic carbocycles. The van der Waals surface area contributed by atoms with Gasteiger partial charge in [-0.25, -0.2) is 12.8 Å². The maximum Gasteiger partial charge on any atom is 0.245 e. The Kier molecular flexibility index (Phi) is 4.71. The lowest BCUT2D eigenvalue weighted by Gasteiger charge is -2.16. The second kappa shape index (κ2) is 5.99. The highest BCUT2D eigenvalue weighted by Gasteiger charge is 2.25. The van der Waals surface area contributed by atoms with Crippen LogP contribution in [0.1, 0.15) is 5.56 Å². The smallest absolute Gasteiger partial charge is 0.207 e. The highest BCUT2D eigenvalue weighted by molar-refractivity contribution is 7.89. The van der Waals surface area contributed by atoms with Gasteiger partial charge in [-0.1, -0.05) is 35.3 Å². The first-order chi connectivity index (χ1) is 9.30. The summed E-state index contributed by atoms with van der Waals surface area (Å²) in [6.07, 6.45) is 0. The Labute approximate surface area is 130 Å². The van der Waals surface area contributed by atoms with Gasteiger partial charge < -0.3 is 0 Å². The number of halogens is 3. The Morgan fingerprint density at radius 1 is 1.25 bits per heavy atom. The van der Waals surface area contributed by atoms with Crippen LogP contribution in [-0.4, -0.2) is 19.8 Å². The molecular weight excluding hydrogens is 344 g/mol. The molecule has 2 rings (SSSR count). The fraction of sp³-hybridized carbons (Fsp3) is 0.167. The number of benzene rings is 1. The maximum absolute atomic E-state index is 12.8. The molecule has 0 aliphatic heterocycles. The van der Waals surface area contributed by atoms with Crippen LogP contribution < -0.4 is 0 Å². The topological polar surface area (TPSA) is 37.4 Å². The van der Waals surface area contributed by atoms with Crippen molar-refractivity contribution in [2.45, 2.75) is 11.4 Å². The molecular formula is C12H10Cl2FNO2S2. The van der Waals surface area contributed by atoms with Crippen molar-refractivity contribution in [3.05, 3.63) is 50.4 Å². The van der Waals surface area contributed by atoms with E-state index in [1.807, 2.05) is 0 Å². The fourth-order valence-corrected chi connectivity index (χ4v) is 4.87. The summed E-state index contributed by atoms with van der Waals surface area (Å²) in [5.41, 5.74) is 0.676. The molecule has 1 aromatic carbocycles. The van der Waals surface area contributed by atoms with Gasteiger partial charge in [0.1, 0.15) is 15.0 Å². The minimum atomic E-state index is -3.72. The van der Waals surface area contributed by atoms with Crippen LogP contribution in [-0.2, 0) is 16.6 Å². The van der Waals surface area contributed by atoms with Crippen LogP contribution in [0.4, 0.5) is 4.39 Å². The molecule has 0 bridgehead atoms. The van der Waals surface area contributed by atoms with Crippen molar-refractivity contribution >= 4 is 44.6 Å². The molecule has 3 nitrogen and oxygen atoms in total. The van der Waals surface area contributed by atoms with Gasteiger partial charge in [-0.3, -0.25) is 0 Å². The molecule has 1 aromatic heterocycles. The summed E-state index contributed by atoms with van der Waals surface area (Å²) < 4.78 is 39.1. The van der Waals surface area contributed by atoms with Gasteiger partial charge in [0, 0.05) is 13.6 Å². The van der Waals surface area contributed by atoms with Gasteiger partial charge in [-0.2, -0.15) is 4.31 Å². The second-order valence-electron chi connectivity index (χ2n) is 4.08. The van der Waals surface area contributed by atoms with Crippen molar-refractivity contribution in [3.8, 4) is 0 Å². The minimum Gasteiger partial charge on any atom is -0.207 e. The fourth-order valence-electron chi connectivity index (χ4n) is 1.60. The highest BCUT2D eigenvalue weighted by Crippen LogP contribution is 2.35. The number of hydrogen-bond donors (Lipinski definition) is 0. The Hall–Kier alpha value is -0.660. The average Bonchev–Trinajstić information content (AvgIpc) is 2.72. The lowest BCUT2D eigenvalue weighted by atomic mass is 10.2. The monoisotopic (exact) mass is 353 g/mol. The first-order valence-corrected chi connectivity index (χ1v) is 8.47. The summed E-state index contributed by atoms with van der Waals surface area (Å²) in [7, 11) is -2.29. The molecule has 0 saturated carbocycles. The number of rotatable bonds is 4. The summed E-state index contributed by atoms with van der Waals surface area (Å²) in [5, 5.41) is 0. The summed E-state index contributed by atoms with van der Waals surface area (Å²) in [6.45, 7) is 0.117. The zero-order valence-electron chi connectivity index (χ0n) is 10.3. The summed E-state index contributed by atoms with van der Waals surface area (Å²) in [6, 6.07) is 6.95. The molecule has 0 fully saturated rings. The third-order valence-corrected chi connectivity index (χ3v) is 6.19. The van der Waals surface area contributed by atoms with Crippen LogP contribution in [0.25, 0.3) is 0 Å². The van der Waals surface area contributed by atoms with E-state index < -0.39 is 10.0 Å². The van der Waals surface area contributed by atoms with Gasteiger partial charge in [0.05, 0.1) is 4.34 Å². The molecule has 0 aliphatic rings. The molecule has 2 aromatic rings. The molecule has 0 amide bonds. The number of thiophene rings is 1. The molecule has 20 heavy (non-hydrogen) atoms. The first-order valence-electron chi connectivity index (χ1n) is 5.46. The normalized spacial score (nSPS) is 12.1. The molecule has 0 N–H and O–H groups in total. The molecule has 0 atom stereocenters. The number of hydrogen-bond acceptors (Lipinski definition) is 3. The van der Waals surface area contributed by atoms with Crippen molar-refractivity contribution in [1.29, 1.82) is 0 Å². The zero-order chi connectivity index (χ0) is 14.9. The highest BCUT2D eigenvalue weighted by atomic mass is 35.5. The SMILES string of the molecule is CN(Cc1ccc(F)cc1)S(=O)(=O)c1cc(Cl)sc1Cl. The van der Waals surface area contributed by atoms with Crippen molar-refractivity contribution in [2.75, 3.05) is 7.05 Å². The van der Waals surface area contributed by atoms with Crippen LogP contribution in [0.15, 0.2) is 35.2 Å². The Balaban J connectivity index is 2.25. The molecule has 0 spiro atoms. The number of sulfonamides is 1. The zero-order valence-corrected chi connectivity index (χ0v) is 13.5. The van der Waals surface area contributed by atoms with Crippen molar-refractivity contribution < 1.29 is 12.8 Å². The van der Waals surface area contributed by atoms with E-state index in [9.17, 15) is 12.8 Å². The van der Waals surface area contributed by atoms with Gasteiger partial charge >= 0.3 is 0 Å². The summed E-state index contributed by atoms with van der Waals surface area (Å²) >= 11 is 12.6. The van der Waals surface area contributed by atoms with Gasteiger partial charge in [0.15, 0.2) is 0 Å². The standard InChI is InChI=1S/C12H10Cl2FNO2S2/c1-16(7-8-2-4-9(15)5-3-8)20(17,18)10-6-11(13)19-12(10)14/h2-6H,7H2,1H3. The quantitative estimate of drug-likeness (QED) is 0.832. The van der Waals surface area contributed by atoms with E-state index in [-0.39, 0.29) is 21.6 Å². The molecule has 0 radical (unpaired) electrons. The first kappa shape index (κ1) is 15.7. The molecule has 1 heterocycles. The second-order valence-corrected chi connectivity index (χ2v) is 8.37. The van der Waals surface area contributed by atoms with Crippen LogP contribution in [0.2, 0.25) is 8.67 Å². The molecule has 108 valence electrons. The van der Waals surface area contributed by atoms with Crippen LogP contribution >= 0.6 is 34.5 Å². The predicted molar refractivity (Wildman–Crippen MR) is 79.4 cm³/mol. The maximum atomic E-state index is 12.8. The molecule has 8 heteroatoms. The largest absolute Gasteiger partial charge is 0.245 e. The summed E-state index contributed by atoms with van der Waals surface area (Å²) in [5.74, 6) is -0.369. The average molecular weight is 354 g/mol. The van der Waals surface area contributed by atoms with Gasteiger partial charge in [0.25, 0.3) is 0 Å². The van der Waals surface area contributed by atoms with Crippen LogP contribution in [0.3, 0.4) is 0 Å². The lowest BCUT2D eigenvalue weighted by Crippen LogP contribution is -2.26. The van der Waals surface area contributed by atoms with Gasteiger partial charge in [-0.15, -0.1) is 11.3 Å². The van der Waals surface area contributed by atoms with Crippen molar-refractivity contribution in [2.24, 2.45) is 0 Å². The van der Waals surface area contributed by atoms with Gasteiger partial charge in [-0.05, 0) is 23.8 Å². The summed E-state index contributed by atoms with van der Waals surface area (Å²) in [4.78, 5) is -0.0150. The van der Waals surface area contributed by atoms with E-state index in [2.05, 4.69) is 0 Å². The Bertz CT molecular complexity index is 714. The van der Waals surface area contributed by atoms with Crippen molar-refractivity contribution in [1.82, 2.24) is 4.31 Å². The molecule has 0 saturated heterocycles. The predicted octanol–water partition coefficient (Wildman–Crippen LogP) is 4.01. The van der Waals surface area contributed by atoms with Crippen LogP contribution in [0.5, 0.6) is 0 Å². The van der Waals surface area contributed by atoms with Crippen LogP contribution in [0, 0.1) is 5.82 Å².